The van der Waals surface area contributed by atoms with Crippen molar-refractivity contribution >= 4 is 0 Å². The largest absolute Gasteiger partial charge is 0.492 e. The number of ether oxygens (including phenoxy) is 1. The van der Waals surface area contributed by atoms with E-state index in [4.69, 9.17) is 4.74 Å². The lowest BCUT2D eigenvalue weighted by molar-refractivity contribution is 0.179. The number of nitrogens with one attached hydrogen (secondary N) is 1. The van der Waals surface area contributed by atoms with E-state index in [-0.39, 0.29) is 0 Å². The summed E-state index contributed by atoms with van der Waals surface area (Å²) in [4.78, 5) is 2.52. The summed E-state index contributed by atoms with van der Waals surface area (Å²) in [5.41, 5.74) is 2.48. The fourth-order valence-corrected chi connectivity index (χ4v) is 2.97. The summed E-state index contributed by atoms with van der Waals surface area (Å²) in [5, 5.41) is 3.50. The van der Waals surface area contributed by atoms with Gasteiger partial charge < -0.3 is 10.1 Å². The minimum Gasteiger partial charge on any atom is -0.492 e. The van der Waals surface area contributed by atoms with Crippen LogP contribution in [0.25, 0.3) is 0 Å². The Morgan fingerprint density at radius 2 is 2.19 bits per heavy atom. The normalized spacial score (nSPS) is 19.0. The number of nitrogens with zero attached hydrogens (tertiary/aromatic N) is 1. The zero-order valence-electron chi connectivity index (χ0n) is 13.8. The van der Waals surface area contributed by atoms with E-state index in [1.165, 1.54) is 43.6 Å². The van der Waals surface area contributed by atoms with Gasteiger partial charge in [0.15, 0.2) is 0 Å². The van der Waals surface area contributed by atoms with E-state index >= 15 is 0 Å². The summed E-state index contributed by atoms with van der Waals surface area (Å²) in [6.07, 6.45) is 2.68. The van der Waals surface area contributed by atoms with Crippen molar-refractivity contribution in [3.05, 3.63) is 29.3 Å². The Hall–Kier alpha value is -1.06. The van der Waals surface area contributed by atoms with Gasteiger partial charge in [-0.2, -0.15) is 0 Å². The first-order valence-electron chi connectivity index (χ1n) is 8.32. The predicted octanol–water partition coefficient (Wildman–Crippen LogP) is 3.00. The first kappa shape index (κ1) is 16.3. The maximum absolute atomic E-state index is 5.98. The van der Waals surface area contributed by atoms with Crippen molar-refractivity contribution in [3.63, 3.8) is 0 Å². The van der Waals surface area contributed by atoms with Gasteiger partial charge in [-0.3, -0.25) is 4.90 Å². The topological polar surface area (TPSA) is 24.5 Å². The minimum absolute atomic E-state index is 0.776. The maximum atomic E-state index is 5.98. The molecule has 1 aliphatic heterocycles. The molecule has 3 nitrogen and oxygen atoms in total. The number of piperidine rings is 1. The number of aryl methyl sites for hydroxylation is 2. The maximum Gasteiger partial charge on any atom is 0.122 e. The van der Waals surface area contributed by atoms with Crippen LogP contribution in [0.5, 0.6) is 5.75 Å². The van der Waals surface area contributed by atoms with Crippen LogP contribution in [-0.2, 0) is 0 Å². The second-order valence-corrected chi connectivity index (χ2v) is 6.22. The molecule has 118 valence electrons. The summed E-state index contributed by atoms with van der Waals surface area (Å²) < 4.78 is 5.98. The molecule has 1 aromatic rings. The van der Waals surface area contributed by atoms with Crippen LogP contribution in [0.2, 0.25) is 0 Å². The standard InChI is InChI=1S/C18H30N2O/c1-4-20(14-17-6-5-9-19-13-17)10-11-21-18-12-15(2)7-8-16(18)3/h7-8,12,17,19H,4-6,9-11,13-14H2,1-3H3. The summed E-state index contributed by atoms with van der Waals surface area (Å²) in [5.74, 6) is 1.84. The molecule has 1 aliphatic rings. The van der Waals surface area contributed by atoms with Crippen molar-refractivity contribution in [3.8, 4) is 5.75 Å². The Labute approximate surface area is 129 Å². The molecule has 1 atom stereocenters. The Bertz CT molecular complexity index is 427. The van der Waals surface area contributed by atoms with Crippen LogP contribution in [-0.4, -0.2) is 44.2 Å². The monoisotopic (exact) mass is 290 g/mol. The van der Waals surface area contributed by atoms with Crippen molar-refractivity contribution in [1.82, 2.24) is 10.2 Å². The molecule has 1 aromatic carbocycles. The smallest absolute Gasteiger partial charge is 0.122 e. The first-order valence-corrected chi connectivity index (χ1v) is 8.32. The molecule has 0 radical (unpaired) electrons. The van der Waals surface area contributed by atoms with Gasteiger partial charge in [0.05, 0.1) is 0 Å². The highest BCUT2D eigenvalue weighted by Crippen LogP contribution is 2.19. The molecule has 21 heavy (non-hydrogen) atoms. The summed E-state index contributed by atoms with van der Waals surface area (Å²) in [7, 11) is 0. The van der Waals surface area contributed by atoms with Gasteiger partial charge >= 0.3 is 0 Å². The molecule has 1 unspecified atom stereocenters. The van der Waals surface area contributed by atoms with Crippen LogP contribution in [0.3, 0.4) is 0 Å². The van der Waals surface area contributed by atoms with Crippen molar-refractivity contribution in [2.75, 3.05) is 39.3 Å². The molecule has 0 aromatic heterocycles. The molecule has 0 amide bonds. The molecule has 1 fully saturated rings. The quantitative estimate of drug-likeness (QED) is 0.835. The lowest BCUT2D eigenvalue weighted by Crippen LogP contribution is -2.39. The second-order valence-electron chi connectivity index (χ2n) is 6.22. The van der Waals surface area contributed by atoms with Crippen LogP contribution in [0.15, 0.2) is 18.2 Å². The molecule has 1 heterocycles. The van der Waals surface area contributed by atoms with E-state index < -0.39 is 0 Å². The van der Waals surface area contributed by atoms with Gasteiger partial charge in [0, 0.05) is 13.1 Å². The number of benzene rings is 1. The zero-order valence-corrected chi connectivity index (χ0v) is 13.8. The zero-order chi connectivity index (χ0) is 15.1. The lowest BCUT2D eigenvalue weighted by atomic mass is 9.99. The van der Waals surface area contributed by atoms with Crippen LogP contribution >= 0.6 is 0 Å². The third-order valence-electron chi connectivity index (χ3n) is 4.37. The summed E-state index contributed by atoms with van der Waals surface area (Å²) in [6, 6.07) is 6.41. The van der Waals surface area contributed by atoms with E-state index in [1.54, 1.807) is 0 Å². The molecule has 2 rings (SSSR count). The highest BCUT2D eigenvalue weighted by Gasteiger charge is 2.16. The van der Waals surface area contributed by atoms with Crippen LogP contribution < -0.4 is 10.1 Å². The Morgan fingerprint density at radius 1 is 1.33 bits per heavy atom. The highest BCUT2D eigenvalue weighted by atomic mass is 16.5. The first-order chi connectivity index (χ1) is 10.2. The van der Waals surface area contributed by atoms with E-state index in [0.29, 0.717) is 0 Å². The molecule has 0 saturated carbocycles. The van der Waals surface area contributed by atoms with Crippen LogP contribution in [0.1, 0.15) is 30.9 Å². The highest BCUT2D eigenvalue weighted by molar-refractivity contribution is 5.35. The molecular weight excluding hydrogens is 260 g/mol. The molecule has 0 aliphatic carbocycles. The average molecular weight is 290 g/mol. The molecule has 1 saturated heterocycles. The van der Waals surface area contributed by atoms with Gasteiger partial charge in [0.2, 0.25) is 0 Å². The third-order valence-corrected chi connectivity index (χ3v) is 4.37. The fourth-order valence-electron chi connectivity index (χ4n) is 2.97. The summed E-state index contributed by atoms with van der Waals surface area (Å²) >= 11 is 0. The van der Waals surface area contributed by atoms with Crippen LogP contribution in [0.4, 0.5) is 0 Å². The third kappa shape index (κ3) is 5.33. The Kier molecular flexibility index (Phi) is 6.52. The van der Waals surface area contributed by atoms with Crippen molar-refractivity contribution < 1.29 is 4.74 Å². The van der Waals surface area contributed by atoms with Gasteiger partial charge in [-0.05, 0) is 69.4 Å². The number of likely N-dealkylation sites (N-methyl/N-ethyl adjacent to an activating group) is 1. The second kappa shape index (κ2) is 8.40. The number of rotatable bonds is 7. The van der Waals surface area contributed by atoms with E-state index in [0.717, 1.165) is 31.4 Å². The van der Waals surface area contributed by atoms with E-state index in [9.17, 15) is 0 Å². The summed E-state index contributed by atoms with van der Waals surface area (Å²) in [6.45, 7) is 12.9. The number of hydrogen-bond donors (Lipinski definition) is 1. The molecule has 1 N–H and O–H groups in total. The van der Waals surface area contributed by atoms with Gasteiger partial charge in [-0.25, -0.2) is 0 Å². The van der Waals surface area contributed by atoms with Gasteiger partial charge in [-0.15, -0.1) is 0 Å². The predicted molar refractivity (Wildman–Crippen MR) is 89.1 cm³/mol. The van der Waals surface area contributed by atoms with Crippen molar-refractivity contribution in [1.29, 1.82) is 0 Å². The average Bonchev–Trinajstić information content (AvgIpc) is 2.50. The van der Waals surface area contributed by atoms with Crippen molar-refractivity contribution in [2.24, 2.45) is 5.92 Å². The van der Waals surface area contributed by atoms with Gasteiger partial charge in [0.1, 0.15) is 12.4 Å². The van der Waals surface area contributed by atoms with Crippen molar-refractivity contribution in [2.45, 2.75) is 33.6 Å². The SMILES string of the molecule is CCN(CCOc1cc(C)ccc1C)CC1CCCNC1. The molecule has 0 bridgehead atoms. The van der Waals surface area contributed by atoms with Gasteiger partial charge in [0.25, 0.3) is 0 Å². The fraction of sp³-hybridized carbons (Fsp3) is 0.667. The number of hydrogen-bond acceptors (Lipinski definition) is 3. The molecule has 0 spiro atoms. The van der Waals surface area contributed by atoms with E-state index in [1.807, 2.05) is 0 Å². The lowest BCUT2D eigenvalue weighted by Gasteiger charge is -2.29. The minimum atomic E-state index is 0.776. The van der Waals surface area contributed by atoms with Crippen LogP contribution in [0, 0.1) is 19.8 Å². The van der Waals surface area contributed by atoms with Gasteiger partial charge in [-0.1, -0.05) is 19.1 Å². The van der Waals surface area contributed by atoms with E-state index in [2.05, 4.69) is 49.2 Å². The molecule has 3 heteroatoms. The Morgan fingerprint density at radius 3 is 2.90 bits per heavy atom. The molecular formula is C18H30N2O. The Balaban J connectivity index is 1.76.